The van der Waals surface area contributed by atoms with E-state index in [1.807, 2.05) is 18.2 Å². The fraction of sp³-hybridized carbons (Fsp3) is 0.412. The Bertz CT molecular complexity index is 485. The highest BCUT2D eigenvalue weighted by Gasteiger charge is 2.25. The molecule has 0 spiro atoms. The van der Waals surface area contributed by atoms with E-state index < -0.39 is 0 Å². The molecule has 1 aliphatic carbocycles. The fourth-order valence-electron chi connectivity index (χ4n) is 2.55. The van der Waals surface area contributed by atoms with Gasteiger partial charge in [0, 0.05) is 17.6 Å². The first kappa shape index (κ1) is 14.7. The molecule has 108 valence electrons. The van der Waals surface area contributed by atoms with Crippen LogP contribution in [0.15, 0.2) is 42.5 Å². The summed E-state index contributed by atoms with van der Waals surface area (Å²) in [5.41, 5.74) is 1.09. The lowest BCUT2D eigenvalue weighted by atomic mass is 9.88. The second kappa shape index (κ2) is 6.62. The van der Waals surface area contributed by atoms with Gasteiger partial charge in [-0.25, -0.2) is 0 Å². The Hall–Kier alpha value is -1.74. The Kier molecular flexibility index (Phi) is 4.85. The largest absolute Gasteiger partial charge is 0.496 e. The zero-order chi connectivity index (χ0) is 14.4. The van der Waals surface area contributed by atoms with Gasteiger partial charge in [0.2, 0.25) is 0 Å². The topological polar surface area (TPSA) is 30.5 Å². The standard InChI is InChI=1S/C17H23NO2/c1-4-17(11-6-5-7-12-17)18-13-14-15(19-2)9-8-10-16(14)20-3/h5-11,18H,4,12-13H2,1-3H3. The van der Waals surface area contributed by atoms with Crippen LogP contribution in [0.5, 0.6) is 11.5 Å². The number of ether oxygens (including phenoxy) is 2. The molecule has 0 bridgehead atoms. The van der Waals surface area contributed by atoms with Crippen molar-refractivity contribution in [3.63, 3.8) is 0 Å². The van der Waals surface area contributed by atoms with Crippen LogP contribution in [-0.2, 0) is 6.54 Å². The first-order valence-corrected chi connectivity index (χ1v) is 7.04. The summed E-state index contributed by atoms with van der Waals surface area (Å²) < 4.78 is 10.9. The molecule has 1 aromatic rings. The second-order valence-electron chi connectivity index (χ2n) is 5.00. The van der Waals surface area contributed by atoms with Crippen molar-refractivity contribution in [1.82, 2.24) is 5.32 Å². The van der Waals surface area contributed by atoms with Crippen molar-refractivity contribution in [2.45, 2.75) is 31.8 Å². The molecule has 1 aromatic carbocycles. The average molecular weight is 273 g/mol. The van der Waals surface area contributed by atoms with E-state index in [0.29, 0.717) is 0 Å². The summed E-state index contributed by atoms with van der Waals surface area (Å²) in [5.74, 6) is 1.72. The van der Waals surface area contributed by atoms with E-state index >= 15 is 0 Å². The summed E-state index contributed by atoms with van der Waals surface area (Å²) in [6.07, 6.45) is 10.7. The van der Waals surface area contributed by atoms with Gasteiger partial charge in [-0.15, -0.1) is 0 Å². The first-order chi connectivity index (χ1) is 9.74. The zero-order valence-corrected chi connectivity index (χ0v) is 12.5. The van der Waals surface area contributed by atoms with Gasteiger partial charge < -0.3 is 14.8 Å². The molecular weight excluding hydrogens is 250 g/mol. The third-order valence-electron chi connectivity index (χ3n) is 3.92. The average Bonchev–Trinajstić information content (AvgIpc) is 2.53. The van der Waals surface area contributed by atoms with Gasteiger partial charge in [0.25, 0.3) is 0 Å². The van der Waals surface area contributed by atoms with Crippen molar-refractivity contribution in [3.05, 3.63) is 48.1 Å². The molecule has 0 radical (unpaired) electrons. The molecule has 0 saturated heterocycles. The number of nitrogens with one attached hydrogen (secondary N) is 1. The molecule has 1 N–H and O–H groups in total. The van der Waals surface area contributed by atoms with Crippen LogP contribution in [0.25, 0.3) is 0 Å². The van der Waals surface area contributed by atoms with Gasteiger partial charge in [-0.2, -0.15) is 0 Å². The van der Waals surface area contributed by atoms with Gasteiger partial charge >= 0.3 is 0 Å². The highest BCUT2D eigenvalue weighted by Crippen LogP contribution is 2.30. The maximum Gasteiger partial charge on any atom is 0.127 e. The monoisotopic (exact) mass is 273 g/mol. The Labute approximate surface area is 121 Å². The van der Waals surface area contributed by atoms with Crippen molar-refractivity contribution in [2.75, 3.05) is 14.2 Å². The fourth-order valence-corrected chi connectivity index (χ4v) is 2.55. The maximum absolute atomic E-state index is 5.44. The van der Waals surface area contributed by atoms with Gasteiger partial charge in [0.05, 0.1) is 14.2 Å². The predicted octanol–water partition coefficient (Wildman–Crippen LogP) is 3.46. The zero-order valence-electron chi connectivity index (χ0n) is 12.5. The van der Waals surface area contributed by atoms with E-state index in [9.17, 15) is 0 Å². The van der Waals surface area contributed by atoms with Gasteiger partial charge in [-0.1, -0.05) is 37.3 Å². The van der Waals surface area contributed by atoms with Crippen molar-refractivity contribution in [2.24, 2.45) is 0 Å². The van der Waals surface area contributed by atoms with Crippen molar-refractivity contribution in [3.8, 4) is 11.5 Å². The lowest BCUT2D eigenvalue weighted by Gasteiger charge is -2.32. The van der Waals surface area contributed by atoms with E-state index in [0.717, 1.165) is 36.4 Å². The molecule has 0 saturated carbocycles. The minimum absolute atomic E-state index is 0.0284. The predicted molar refractivity (Wildman–Crippen MR) is 82.3 cm³/mol. The summed E-state index contributed by atoms with van der Waals surface area (Å²) in [6.45, 7) is 2.93. The SMILES string of the molecule is CCC1(NCc2c(OC)cccc2OC)C=CC=CC1. The molecule has 1 aliphatic rings. The number of rotatable bonds is 6. The lowest BCUT2D eigenvalue weighted by molar-refractivity contribution is 0.357. The maximum atomic E-state index is 5.44. The van der Waals surface area contributed by atoms with E-state index in [-0.39, 0.29) is 5.54 Å². The summed E-state index contributed by atoms with van der Waals surface area (Å²) in [5, 5.41) is 3.65. The van der Waals surface area contributed by atoms with Crippen molar-refractivity contribution >= 4 is 0 Å². The number of methoxy groups -OCH3 is 2. The molecule has 3 heteroatoms. The van der Waals surface area contributed by atoms with Crippen LogP contribution >= 0.6 is 0 Å². The Morgan fingerprint density at radius 1 is 1.15 bits per heavy atom. The Morgan fingerprint density at radius 3 is 2.35 bits per heavy atom. The van der Waals surface area contributed by atoms with Crippen molar-refractivity contribution < 1.29 is 9.47 Å². The molecule has 20 heavy (non-hydrogen) atoms. The van der Waals surface area contributed by atoms with E-state index in [2.05, 4.69) is 36.5 Å². The van der Waals surface area contributed by atoms with Crippen LogP contribution in [-0.4, -0.2) is 19.8 Å². The molecule has 0 amide bonds. The molecule has 2 rings (SSSR count). The minimum Gasteiger partial charge on any atom is -0.496 e. The second-order valence-corrected chi connectivity index (χ2v) is 5.00. The molecule has 0 aliphatic heterocycles. The summed E-state index contributed by atoms with van der Waals surface area (Å²) >= 11 is 0. The molecule has 0 heterocycles. The number of benzene rings is 1. The Balaban J connectivity index is 2.18. The van der Waals surface area contributed by atoms with Gasteiger partial charge in [-0.3, -0.25) is 0 Å². The third kappa shape index (κ3) is 3.05. The van der Waals surface area contributed by atoms with E-state index in [1.165, 1.54) is 0 Å². The number of hydrogen-bond acceptors (Lipinski definition) is 3. The molecule has 1 atom stereocenters. The van der Waals surface area contributed by atoms with Crippen LogP contribution < -0.4 is 14.8 Å². The molecular formula is C17H23NO2. The lowest BCUT2D eigenvalue weighted by Crippen LogP contribution is -2.42. The minimum atomic E-state index is 0.0284. The van der Waals surface area contributed by atoms with Crippen LogP contribution in [0.4, 0.5) is 0 Å². The summed E-state index contributed by atoms with van der Waals surface area (Å²) in [4.78, 5) is 0. The number of hydrogen-bond donors (Lipinski definition) is 1. The van der Waals surface area contributed by atoms with Crippen LogP contribution in [0.3, 0.4) is 0 Å². The van der Waals surface area contributed by atoms with Crippen LogP contribution in [0.1, 0.15) is 25.3 Å². The normalized spacial score (nSPS) is 20.9. The smallest absolute Gasteiger partial charge is 0.127 e. The molecule has 0 aromatic heterocycles. The van der Waals surface area contributed by atoms with Gasteiger partial charge in [0.15, 0.2) is 0 Å². The Morgan fingerprint density at radius 2 is 1.85 bits per heavy atom. The third-order valence-corrected chi connectivity index (χ3v) is 3.92. The molecule has 3 nitrogen and oxygen atoms in total. The number of allylic oxidation sites excluding steroid dienone is 2. The molecule has 0 fully saturated rings. The first-order valence-electron chi connectivity index (χ1n) is 7.04. The van der Waals surface area contributed by atoms with E-state index in [4.69, 9.17) is 9.47 Å². The highest BCUT2D eigenvalue weighted by atomic mass is 16.5. The van der Waals surface area contributed by atoms with Crippen molar-refractivity contribution in [1.29, 1.82) is 0 Å². The molecule has 1 unspecified atom stereocenters. The summed E-state index contributed by atoms with van der Waals surface area (Å²) in [6, 6.07) is 5.88. The van der Waals surface area contributed by atoms with Gasteiger partial charge in [0.1, 0.15) is 11.5 Å². The van der Waals surface area contributed by atoms with Gasteiger partial charge in [-0.05, 0) is 25.0 Å². The quantitative estimate of drug-likeness (QED) is 0.861. The van der Waals surface area contributed by atoms with E-state index in [1.54, 1.807) is 14.2 Å². The summed E-state index contributed by atoms with van der Waals surface area (Å²) in [7, 11) is 3.38. The van der Waals surface area contributed by atoms with Crippen LogP contribution in [0, 0.1) is 0 Å². The highest BCUT2D eigenvalue weighted by molar-refractivity contribution is 5.45. The van der Waals surface area contributed by atoms with Crippen LogP contribution in [0.2, 0.25) is 0 Å².